The van der Waals surface area contributed by atoms with Crippen LogP contribution in [0.2, 0.25) is 0 Å². The van der Waals surface area contributed by atoms with E-state index in [4.69, 9.17) is 5.41 Å². The molecule has 0 aliphatic carbocycles. The SMILES string of the molecule is COC(=O)C(=N)C(C)=O. The maximum Gasteiger partial charge on any atom is 0.359 e. The van der Waals surface area contributed by atoms with E-state index in [0.29, 0.717) is 0 Å². The van der Waals surface area contributed by atoms with Gasteiger partial charge in [-0.3, -0.25) is 10.2 Å². The van der Waals surface area contributed by atoms with Gasteiger partial charge in [-0.2, -0.15) is 0 Å². The maximum absolute atomic E-state index is 10.3. The maximum atomic E-state index is 10.3. The number of carbonyl (C=O) groups excluding carboxylic acids is 2. The fraction of sp³-hybridized carbons (Fsp3) is 0.400. The summed E-state index contributed by atoms with van der Waals surface area (Å²) in [5.74, 6) is -1.47. The van der Waals surface area contributed by atoms with Gasteiger partial charge in [-0.05, 0) is 0 Å². The lowest BCUT2D eigenvalue weighted by molar-refractivity contribution is -0.133. The molecule has 0 radical (unpaired) electrons. The van der Waals surface area contributed by atoms with Crippen LogP contribution in [0.5, 0.6) is 0 Å². The molecule has 50 valence electrons. The number of ketones is 1. The summed E-state index contributed by atoms with van der Waals surface area (Å²) in [4.78, 5) is 20.5. The lowest BCUT2D eigenvalue weighted by Crippen LogP contribution is -2.21. The third-order valence-electron chi connectivity index (χ3n) is 0.742. The Balaban J connectivity index is 4.05. The molecule has 0 fully saturated rings. The molecule has 0 bridgehead atoms. The lowest BCUT2D eigenvalue weighted by Gasteiger charge is -1.93. The third kappa shape index (κ3) is 2.03. The molecule has 0 heterocycles. The Hall–Kier alpha value is -1.19. The van der Waals surface area contributed by atoms with Crippen LogP contribution in [0.4, 0.5) is 0 Å². The van der Waals surface area contributed by atoms with E-state index in [1.54, 1.807) is 0 Å². The van der Waals surface area contributed by atoms with Crippen LogP contribution < -0.4 is 0 Å². The second kappa shape index (κ2) is 2.96. The monoisotopic (exact) mass is 129 g/mol. The summed E-state index contributed by atoms with van der Waals surface area (Å²) >= 11 is 0. The van der Waals surface area contributed by atoms with E-state index in [1.807, 2.05) is 0 Å². The number of ether oxygens (including phenoxy) is 1. The molecule has 0 aliphatic rings. The van der Waals surface area contributed by atoms with Crippen LogP contribution in [0.15, 0.2) is 0 Å². The number of esters is 1. The second-order valence-corrected chi connectivity index (χ2v) is 1.42. The van der Waals surface area contributed by atoms with Gasteiger partial charge in [-0.25, -0.2) is 4.79 Å². The predicted molar refractivity (Wildman–Crippen MR) is 30.4 cm³/mol. The van der Waals surface area contributed by atoms with E-state index in [0.717, 1.165) is 14.0 Å². The second-order valence-electron chi connectivity index (χ2n) is 1.42. The smallest absolute Gasteiger partial charge is 0.359 e. The lowest BCUT2D eigenvalue weighted by atomic mass is 10.3. The van der Waals surface area contributed by atoms with Crippen LogP contribution in [-0.2, 0) is 14.3 Å². The molecule has 0 amide bonds. The largest absolute Gasteiger partial charge is 0.464 e. The molecule has 0 rings (SSSR count). The van der Waals surface area contributed by atoms with Gasteiger partial charge in [0.2, 0.25) is 0 Å². The highest BCUT2D eigenvalue weighted by Gasteiger charge is 2.12. The number of methoxy groups -OCH3 is 1. The van der Waals surface area contributed by atoms with Crippen molar-refractivity contribution in [2.75, 3.05) is 7.11 Å². The Morgan fingerprint density at radius 2 is 1.89 bits per heavy atom. The van der Waals surface area contributed by atoms with E-state index in [1.165, 1.54) is 0 Å². The Kier molecular flexibility index (Phi) is 2.57. The Morgan fingerprint density at radius 3 is 2.00 bits per heavy atom. The average molecular weight is 129 g/mol. The fourth-order valence-electron chi connectivity index (χ4n) is 0.246. The summed E-state index contributed by atoms with van der Waals surface area (Å²) in [6.45, 7) is 1.14. The number of carbonyl (C=O) groups is 2. The molecule has 0 aromatic heterocycles. The molecular weight excluding hydrogens is 122 g/mol. The first-order chi connectivity index (χ1) is 4.09. The van der Waals surface area contributed by atoms with Crippen molar-refractivity contribution in [3.63, 3.8) is 0 Å². The Morgan fingerprint density at radius 1 is 1.44 bits per heavy atom. The van der Waals surface area contributed by atoms with Gasteiger partial charge in [0.15, 0.2) is 11.5 Å². The zero-order valence-electron chi connectivity index (χ0n) is 5.22. The van der Waals surface area contributed by atoms with Crippen LogP contribution in [0, 0.1) is 5.41 Å². The molecular formula is C5H7NO3. The normalized spacial score (nSPS) is 8.22. The molecule has 0 atom stereocenters. The molecule has 0 saturated carbocycles. The predicted octanol–water partition coefficient (Wildman–Crippen LogP) is -0.232. The summed E-state index contributed by atoms with van der Waals surface area (Å²) in [7, 11) is 1.12. The molecule has 0 saturated heterocycles. The Labute approximate surface area is 52.3 Å². The molecule has 0 aliphatic heterocycles. The fourth-order valence-corrected chi connectivity index (χ4v) is 0.246. The number of Topliss-reactive ketones (excluding diaryl/α,β-unsaturated/α-hetero) is 1. The van der Waals surface area contributed by atoms with Gasteiger partial charge in [0.1, 0.15) is 0 Å². The number of hydrogen-bond donors (Lipinski definition) is 1. The minimum atomic E-state index is -0.887. The third-order valence-corrected chi connectivity index (χ3v) is 0.742. The summed E-state index contributed by atoms with van der Waals surface area (Å²) in [5, 5.41) is 6.73. The minimum absolute atomic E-state index is 0.582. The van der Waals surface area contributed by atoms with Crippen molar-refractivity contribution < 1.29 is 14.3 Å². The topological polar surface area (TPSA) is 67.2 Å². The van der Waals surface area contributed by atoms with Crippen LogP contribution in [0.1, 0.15) is 6.92 Å². The quantitative estimate of drug-likeness (QED) is 0.318. The van der Waals surface area contributed by atoms with Crippen molar-refractivity contribution in [3.8, 4) is 0 Å². The molecule has 9 heavy (non-hydrogen) atoms. The Bertz CT molecular complexity index is 162. The van der Waals surface area contributed by atoms with Crippen molar-refractivity contribution >= 4 is 17.5 Å². The number of rotatable bonds is 2. The number of hydrogen-bond acceptors (Lipinski definition) is 4. The molecule has 0 aromatic carbocycles. The summed E-state index contributed by atoms with van der Waals surface area (Å²) in [6, 6.07) is 0. The van der Waals surface area contributed by atoms with E-state index >= 15 is 0 Å². The first-order valence-corrected chi connectivity index (χ1v) is 2.27. The van der Waals surface area contributed by atoms with Gasteiger partial charge >= 0.3 is 5.97 Å². The van der Waals surface area contributed by atoms with Gasteiger partial charge in [-0.15, -0.1) is 0 Å². The highest BCUT2D eigenvalue weighted by molar-refractivity contribution is 6.62. The van der Waals surface area contributed by atoms with Crippen molar-refractivity contribution in [1.29, 1.82) is 5.41 Å². The zero-order chi connectivity index (χ0) is 7.44. The molecule has 4 heteroatoms. The zero-order valence-corrected chi connectivity index (χ0v) is 5.22. The molecule has 0 unspecified atom stereocenters. The van der Waals surface area contributed by atoms with Crippen molar-refractivity contribution in [3.05, 3.63) is 0 Å². The number of nitrogens with one attached hydrogen (secondary N) is 1. The van der Waals surface area contributed by atoms with Crippen LogP contribution in [0.3, 0.4) is 0 Å². The first-order valence-electron chi connectivity index (χ1n) is 2.27. The van der Waals surface area contributed by atoms with E-state index in [-0.39, 0.29) is 0 Å². The summed E-state index contributed by atoms with van der Waals surface area (Å²) < 4.78 is 4.09. The van der Waals surface area contributed by atoms with Crippen LogP contribution in [0.25, 0.3) is 0 Å². The van der Waals surface area contributed by atoms with Gasteiger partial charge in [0, 0.05) is 6.92 Å². The van der Waals surface area contributed by atoms with Crippen LogP contribution >= 0.6 is 0 Å². The van der Waals surface area contributed by atoms with Gasteiger partial charge in [-0.1, -0.05) is 0 Å². The van der Waals surface area contributed by atoms with Gasteiger partial charge in [0.25, 0.3) is 0 Å². The van der Waals surface area contributed by atoms with Crippen molar-refractivity contribution in [2.24, 2.45) is 0 Å². The van der Waals surface area contributed by atoms with E-state index in [9.17, 15) is 9.59 Å². The summed E-state index contributed by atoms with van der Waals surface area (Å²) in [6.07, 6.45) is 0. The highest BCUT2D eigenvalue weighted by Crippen LogP contribution is 1.79. The van der Waals surface area contributed by atoms with Gasteiger partial charge in [0.05, 0.1) is 7.11 Å². The van der Waals surface area contributed by atoms with Crippen LogP contribution in [-0.4, -0.2) is 24.6 Å². The molecule has 0 spiro atoms. The standard InChI is InChI=1S/C5H7NO3/c1-3(7)4(6)5(8)9-2/h6H,1-2H3. The highest BCUT2D eigenvalue weighted by atomic mass is 16.5. The summed E-state index contributed by atoms with van der Waals surface area (Å²) in [5.41, 5.74) is -0.613. The van der Waals surface area contributed by atoms with E-state index in [2.05, 4.69) is 4.74 Å². The van der Waals surface area contributed by atoms with E-state index < -0.39 is 17.5 Å². The molecule has 4 nitrogen and oxygen atoms in total. The van der Waals surface area contributed by atoms with Gasteiger partial charge < -0.3 is 4.74 Å². The van der Waals surface area contributed by atoms with Crippen molar-refractivity contribution in [1.82, 2.24) is 0 Å². The first kappa shape index (κ1) is 7.81. The van der Waals surface area contributed by atoms with Crippen molar-refractivity contribution in [2.45, 2.75) is 6.92 Å². The average Bonchev–Trinajstić information content (AvgIpc) is 1.84. The minimum Gasteiger partial charge on any atom is -0.464 e. The molecule has 1 N–H and O–H groups in total. The molecule has 0 aromatic rings.